The van der Waals surface area contributed by atoms with Crippen molar-refractivity contribution in [3.8, 4) is 0 Å². The maximum Gasteiger partial charge on any atom is 0.223 e. The molecular weight excluding hydrogens is 284 g/mol. The van der Waals surface area contributed by atoms with Crippen LogP contribution in [-0.2, 0) is 4.79 Å². The van der Waals surface area contributed by atoms with E-state index in [1.165, 1.54) is 64.2 Å². The maximum absolute atomic E-state index is 13.1. The lowest BCUT2D eigenvalue weighted by Gasteiger charge is -2.57. The number of hydrogen-bond donors (Lipinski definition) is 1. The number of carbonyl (C=O) groups excluding carboxylic acids is 1. The average Bonchev–Trinajstić information content (AvgIpc) is 2.83. The van der Waals surface area contributed by atoms with Crippen molar-refractivity contribution in [1.82, 2.24) is 10.2 Å². The fourth-order valence-corrected chi connectivity index (χ4v) is 7.50. The van der Waals surface area contributed by atoms with E-state index in [0.29, 0.717) is 29.4 Å². The van der Waals surface area contributed by atoms with Gasteiger partial charge in [0, 0.05) is 31.6 Å². The van der Waals surface area contributed by atoms with Crippen LogP contribution in [0.25, 0.3) is 0 Å². The van der Waals surface area contributed by atoms with Crippen LogP contribution in [0.2, 0.25) is 0 Å². The summed E-state index contributed by atoms with van der Waals surface area (Å²) in [4.78, 5) is 15.2. The zero-order valence-corrected chi connectivity index (χ0v) is 14.6. The molecule has 2 saturated heterocycles. The smallest absolute Gasteiger partial charge is 0.223 e. The van der Waals surface area contributed by atoms with Gasteiger partial charge >= 0.3 is 0 Å². The quantitative estimate of drug-likeness (QED) is 0.866. The van der Waals surface area contributed by atoms with Crippen LogP contribution < -0.4 is 5.32 Å². The molecule has 0 aromatic heterocycles. The molecule has 1 amide bonds. The normalized spacial score (nSPS) is 50.3. The number of hydrogen-bond acceptors (Lipinski definition) is 2. The van der Waals surface area contributed by atoms with Gasteiger partial charge in [-0.15, -0.1) is 0 Å². The van der Waals surface area contributed by atoms with Crippen molar-refractivity contribution in [1.29, 1.82) is 0 Å². The van der Waals surface area contributed by atoms with Crippen molar-refractivity contribution in [2.24, 2.45) is 23.2 Å². The Balaban J connectivity index is 1.26. The fraction of sp³-hybridized carbons (Fsp3) is 0.950. The molecule has 0 aromatic carbocycles. The van der Waals surface area contributed by atoms with Gasteiger partial charge in [0.15, 0.2) is 0 Å². The highest BCUT2D eigenvalue weighted by molar-refractivity contribution is 5.77. The molecule has 6 aliphatic rings. The van der Waals surface area contributed by atoms with Gasteiger partial charge in [0.05, 0.1) is 0 Å². The van der Waals surface area contributed by atoms with Crippen LogP contribution in [-0.4, -0.2) is 36.0 Å². The van der Waals surface area contributed by atoms with E-state index in [0.717, 1.165) is 24.2 Å². The minimum atomic E-state index is 0.395. The lowest BCUT2D eigenvalue weighted by atomic mass is 9.49. The molecule has 0 radical (unpaired) electrons. The minimum absolute atomic E-state index is 0.395. The molecule has 3 heteroatoms. The third kappa shape index (κ3) is 2.54. The molecule has 0 spiro atoms. The third-order valence-corrected chi connectivity index (χ3v) is 8.08. The van der Waals surface area contributed by atoms with E-state index in [2.05, 4.69) is 17.3 Å². The van der Waals surface area contributed by atoms with E-state index in [4.69, 9.17) is 0 Å². The van der Waals surface area contributed by atoms with Crippen molar-refractivity contribution in [3.05, 3.63) is 0 Å². The highest BCUT2D eigenvalue weighted by Crippen LogP contribution is 2.61. The number of nitrogens with zero attached hydrogens (tertiary/aromatic N) is 1. The van der Waals surface area contributed by atoms with Crippen LogP contribution in [0, 0.1) is 23.2 Å². The summed E-state index contributed by atoms with van der Waals surface area (Å²) in [5.41, 5.74) is 0.395. The number of carbonyl (C=O) groups is 1. The van der Waals surface area contributed by atoms with Crippen LogP contribution in [0.1, 0.15) is 70.6 Å². The summed E-state index contributed by atoms with van der Waals surface area (Å²) in [5, 5.41) is 3.70. The fourth-order valence-electron chi connectivity index (χ4n) is 7.50. The van der Waals surface area contributed by atoms with Crippen LogP contribution >= 0.6 is 0 Å². The van der Waals surface area contributed by atoms with E-state index in [1.807, 2.05) is 0 Å². The molecule has 6 rings (SSSR count). The van der Waals surface area contributed by atoms with Gasteiger partial charge in [-0.1, -0.05) is 0 Å². The SMILES string of the molecule is CN(C(=O)CC12CC3CC(CC(C3)C1)C2)C1CC2CCC(C1)N2. The van der Waals surface area contributed by atoms with Gasteiger partial charge in [-0.2, -0.15) is 0 Å². The predicted octanol–water partition coefficient (Wildman–Crippen LogP) is 3.33. The Hall–Kier alpha value is -0.570. The van der Waals surface area contributed by atoms with E-state index >= 15 is 0 Å². The van der Waals surface area contributed by atoms with Crippen molar-refractivity contribution < 1.29 is 4.79 Å². The molecule has 3 nitrogen and oxygen atoms in total. The summed E-state index contributed by atoms with van der Waals surface area (Å²) in [5.74, 6) is 3.32. The number of fused-ring (bicyclic) bond motifs is 2. The summed E-state index contributed by atoms with van der Waals surface area (Å²) in [7, 11) is 2.10. The zero-order valence-electron chi connectivity index (χ0n) is 14.6. The second-order valence-electron chi connectivity index (χ2n) is 9.86. The first kappa shape index (κ1) is 14.7. The molecule has 0 aromatic rings. The van der Waals surface area contributed by atoms with Crippen LogP contribution in [0.15, 0.2) is 0 Å². The van der Waals surface area contributed by atoms with Crippen molar-refractivity contribution in [3.63, 3.8) is 0 Å². The van der Waals surface area contributed by atoms with E-state index < -0.39 is 0 Å². The Kier molecular flexibility index (Phi) is 3.34. The largest absolute Gasteiger partial charge is 0.343 e. The molecule has 2 heterocycles. The molecule has 2 aliphatic heterocycles. The van der Waals surface area contributed by atoms with E-state index in [1.54, 1.807) is 0 Å². The van der Waals surface area contributed by atoms with Gasteiger partial charge in [0.1, 0.15) is 0 Å². The zero-order chi connectivity index (χ0) is 15.6. The second kappa shape index (κ2) is 5.21. The molecule has 23 heavy (non-hydrogen) atoms. The lowest BCUT2D eigenvalue weighted by molar-refractivity contribution is -0.141. The Labute approximate surface area is 140 Å². The molecule has 1 N–H and O–H groups in total. The monoisotopic (exact) mass is 316 g/mol. The van der Waals surface area contributed by atoms with Crippen LogP contribution in [0.4, 0.5) is 0 Å². The van der Waals surface area contributed by atoms with Gasteiger partial charge in [-0.05, 0) is 87.4 Å². The number of rotatable bonds is 3. The Bertz CT molecular complexity index is 455. The van der Waals surface area contributed by atoms with E-state index in [-0.39, 0.29) is 0 Å². The summed E-state index contributed by atoms with van der Waals surface area (Å²) in [6.07, 6.45) is 14.3. The Morgan fingerprint density at radius 1 is 0.957 bits per heavy atom. The van der Waals surface area contributed by atoms with Gasteiger partial charge in [-0.25, -0.2) is 0 Å². The van der Waals surface area contributed by atoms with Gasteiger partial charge in [0.2, 0.25) is 5.91 Å². The maximum atomic E-state index is 13.1. The number of amides is 1. The van der Waals surface area contributed by atoms with Crippen molar-refractivity contribution in [2.45, 2.75) is 88.8 Å². The molecule has 6 fully saturated rings. The first-order valence-electron chi connectivity index (χ1n) is 10.1. The van der Waals surface area contributed by atoms with Crippen LogP contribution in [0.5, 0.6) is 0 Å². The molecule has 4 saturated carbocycles. The molecule has 4 aliphatic carbocycles. The highest BCUT2D eigenvalue weighted by Gasteiger charge is 2.52. The average molecular weight is 316 g/mol. The van der Waals surface area contributed by atoms with Gasteiger partial charge in [-0.3, -0.25) is 4.79 Å². The van der Waals surface area contributed by atoms with E-state index in [9.17, 15) is 4.79 Å². The molecule has 2 unspecified atom stereocenters. The summed E-state index contributed by atoms with van der Waals surface area (Å²) in [6, 6.07) is 1.84. The summed E-state index contributed by atoms with van der Waals surface area (Å²) < 4.78 is 0. The molecule has 128 valence electrons. The second-order valence-corrected chi connectivity index (χ2v) is 9.86. The highest BCUT2D eigenvalue weighted by atomic mass is 16.2. The third-order valence-electron chi connectivity index (χ3n) is 8.08. The predicted molar refractivity (Wildman–Crippen MR) is 91.0 cm³/mol. The minimum Gasteiger partial charge on any atom is -0.343 e. The standard InChI is InChI=1S/C20H32N2O/c1-22(18-7-16-2-3-17(8-18)21-16)19(23)12-20-9-13-4-14(10-20)6-15(5-13)11-20/h13-18,21H,2-12H2,1H3. The van der Waals surface area contributed by atoms with Gasteiger partial charge in [0.25, 0.3) is 0 Å². The molecular formula is C20H32N2O. The number of nitrogens with one attached hydrogen (secondary N) is 1. The number of piperidine rings is 1. The first-order valence-corrected chi connectivity index (χ1v) is 10.1. The first-order chi connectivity index (χ1) is 11.1. The van der Waals surface area contributed by atoms with Crippen LogP contribution in [0.3, 0.4) is 0 Å². The summed E-state index contributed by atoms with van der Waals surface area (Å²) >= 11 is 0. The summed E-state index contributed by atoms with van der Waals surface area (Å²) in [6.45, 7) is 0. The molecule has 2 atom stereocenters. The topological polar surface area (TPSA) is 32.3 Å². The Morgan fingerprint density at radius 2 is 1.48 bits per heavy atom. The molecule has 6 bridgehead atoms. The van der Waals surface area contributed by atoms with Gasteiger partial charge < -0.3 is 10.2 Å². The Morgan fingerprint density at radius 3 is 2.00 bits per heavy atom. The lowest BCUT2D eigenvalue weighted by Crippen LogP contribution is -2.51. The van der Waals surface area contributed by atoms with Crippen molar-refractivity contribution in [2.75, 3.05) is 7.05 Å². The van der Waals surface area contributed by atoms with Crippen molar-refractivity contribution >= 4 is 5.91 Å².